The predicted molar refractivity (Wildman–Crippen MR) is 79.0 cm³/mol. The van der Waals surface area contributed by atoms with Crippen LogP contribution in [0.1, 0.15) is 26.9 Å². The van der Waals surface area contributed by atoms with Gasteiger partial charge in [0, 0.05) is 19.2 Å². The van der Waals surface area contributed by atoms with Crippen molar-refractivity contribution in [3.05, 3.63) is 54.6 Å². The molecule has 0 fully saturated rings. The Morgan fingerprint density at radius 3 is 2.53 bits per heavy atom. The maximum absolute atomic E-state index is 6.27. The summed E-state index contributed by atoms with van der Waals surface area (Å²) in [7, 11) is 0. The molecule has 0 aliphatic carbocycles. The number of aryl methyl sites for hydroxylation is 2. The fourth-order valence-corrected chi connectivity index (χ4v) is 3.78. The quantitative estimate of drug-likeness (QED) is 0.838. The maximum atomic E-state index is 6.27. The van der Waals surface area contributed by atoms with Crippen molar-refractivity contribution in [1.82, 2.24) is 0 Å². The molecule has 0 spiro atoms. The van der Waals surface area contributed by atoms with Gasteiger partial charge in [-0.2, -0.15) is 0 Å². The molecule has 0 saturated carbocycles. The van der Waals surface area contributed by atoms with Crippen molar-refractivity contribution in [1.29, 1.82) is 0 Å². The van der Waals surface area contributed by atoms with E-state index >= 15 is 0 Å². The molecule has 0 aliphatic heterocycles. The van der Waals surface area contributed by atoms with Crippen molar-refractivity contribution in [3.8, 4) is 0 Å². The molecule has 2 N–H and O–H groups in total. The van der Waals surface area contributed by atoms with Gasteiger partial charge >= 0.3 is 0 Å². The highest BCUT2D eigenvalue weighted by Crippen LogP contribution is 2.35. The Morgan fingerprint density at radius 2 is 2.00 bits per heavy atom. The van der Waals surface area contributed by atoms with Gasteiger partial charge in [-0.25, -0.2) is 0 Å². The van der Waals surface area contributed by atoms with Gasteiger partial charge < -0.3 is 5.73 Å². The molecule has 90 valence electrons. The van der Waals surface area contributed by atoms with Gasteiger partial charge in [-0.3, -0.25) is 0 Å². The number of nitrogens with two attached hydrogens (primary N) is 1. The highest BCUT2D eigenvalue weighted by atomic mass is 79.9. The molecular weight excluding hydrogens is 318 g/mol. The molecule has 1 aromatic carbocycles. The van der Waals surface area contributed by atoms with E-state index in [1.165, 1.54) is 4.88 Å². The predicted octanol–water partition coefficient (Wildman–Crippen LogP) is 4.83. The van der Waals surface area contributed by atoms with E-state index in [1.54, 1.807) is 11.3 Å². The van der Waals surface area contributed by atoms with E-state index in [2.05, 4.69) is 28.9 Å². The topological polar surface area (TPSA) is 26.0 Å². The summed E-state index contributed by atoms with van der Waals surface area (Å²) in [6.45, 7) is 4.07. The molecule has 0 bridgehead atoms. The Labute approximate surface area is 119 Å². The smallest absolute Gasteiger partial charge is 0.0658 e. The van der Waals surface area contributed by atoms with Crippen molar-refractivity contribution in [2.75, 3.05) is 0 Å². The van der Waals surface area contributed by atoms with Crippen LogP contribution in [0.15, 0.2) is 28.7 Å². The minimum Gasteiger partial charge on any atom is -0.320 e. The van der Waals surface area contributed by atoms with E-state index in [0.29, 0.717) is 0 Å². The monoisotopic (exact) mass is 329 g/mol. The van der Waals surface area contributed by atoms with Gasteiger partial charge in [0.1, 0.15) is 0 Å². The van der Waals surface area contributed by atoms with Gasteiger partial charge in [0.05, 0.1) is 6.04 Å². The summed E-state index contributed by atoms with van der Waals surface area (Å²) in [6.07, 6.45) is 0. The SMILES string of the molecule is Cc1cc(Br)c(C(N)c2ccc(C)c(Cl)c2)s1. The molecule has 0 saturated heterocycles. The first kappa shape index (κ1) is 13.1. The number of rotatable bonds is 2. The second-order valence-corrected chi connectivity index (χ2v) is 6.60. The summed E-state index contributed by atoms with van der Waals surface area (Å²) < 4.78 is 1.07. The summed E-state index contributed by atoms with van der Waals surface area (Å²) in [5.74, 6) is 0. The van der Waals surface area contributed by atoms with Crippen LogP contribution in [0.5, 0.6) is 0 Å². The fourth-order valence-electron chi connectivity index (χ4n) is 1.67. The number of hydrogen-bond acceptors (Lipinski definition) is 2. The Kier molecular flexibility index (Phi) is 3.93. The lowest BCUT2D eigenvalue weighted by molar-refractivity contribution is 0.888. The third-order valence-corrected chi connectivity index (χ3v) is 5.13. The minimum atomic E-state index is -0.124. The Morgan fingerprint density at radius 1 is 1.29 bits per heavy atom. The van der Waals surface area contributed by atoms with Gasteiger partial charge in [-0.15, -0.1) is 11.3 Å². The van der Waals surface area contributed by atoms with E-state index in [1.807, 2.05) is 25.1 Å². The Hall–Kier alpha value is -0.350. The lowest BCUT2D eigenvalue weighted by Crippen LogP contribution is -2.10. The molecule has 2 aromatic rings. The molecule has 1 aromatic heterocycles. The summed E-state index contributed by atoms with van der Waals surface area (Å²) in [5.41, 5.74) is 8.39. The van der Waals surface area contributed by atoms with E-state index in [0.717, 1.165) is 25.5 Å². The van der Waals surface area contributed by atoms with Crippen LogP contribution in [0.25, 0.3) is 0 Å². The van der Waals surface area contributed by atoms with Crippen LogP contribution in [0.4, 0.5) is 0 Å². The molecule has 0 amide bonds. The molecule has 0 aliphatic rings. The summed E-state index contributed by atoms with van der Waals surface area (Å²) in [5, 5.41) is 0.766. The lowest BCUT2D eigenvalue weighted by Gasteiger charge is -2.12. The zero-order valence-corrected chi connectivity index (χ0v) is 12.8. The largest absolute Gasteiger partial charge is 0.320 e. The first-order valence-electron chi connectivity index (χ1n) is 5.26. The zero-order valence-electron chi connectivity index (χ0n) is 9.63. The van der Waals surface area contributed by atoms with E-state index in [-0.39, 0.29) is 6.04 Å². The standard InChI is InChI=1S/C13H13BrClNS/c1-7-3-4-9(6-11(7)15)12(16)13-10(14)5-8(2)17-13/h3-6,12H,16H2,1-2H3. The first-order chi connectivity index (χ1) is 7.99. The van der Waals surface area contributed by atoms with E-state index < -0.39 is 0 Å². The normalized spacial score (nSPS) is 12.8. The molecule has 1 nitrogen and oxygen atoms in total. The summed E-state index contributed by atoms with van der Waals surface area (Å²) >= 11 is 11.4. The van der Waals surface area contributed by atoms with Crippen molar-refractivity contribution in [2.24, 2.45) is 5.73 Å². The second-order valence-electron chi connectivity index (χ2n) is 4.06. The number of thiophene rings is 1. The van der Waals surface area contributed by atoms with Crippen LogP contribution in [0.2, 0.25) is 5.02 Å². The summed E-state index contributed by atoms with van der Waals surface area (Å²) in [6, 6.07) is 7.96. The van der Waals surface area contributed by atoms with Crippen LogP contribution in [-0.2, 0) is 0 Å². The van der Waals surface area contributed by atoms with Crippen LogP contribution < -0.4 is 5.73 Å². The van der Waals surface area contributed by atoms with Gasteiger partial charge in [0.2, 0.25) is 0 Å². The molecule has 1 unspecified atom stereocenters. The first-order valence-corrected chi connectivity index (χ1v) is 7.25. The molecule has 1 heterocycles. The highest BCUT2D eigenvalue weighted by molar-refractivity contribution is 9.10. The van der Waals surface area contributed by atoms with Crippen molar-refractivity contribution in [2.45, 2.75) is 19.9 Å². The molecular formula is C13H13BrClNS. The third-order valence-electron chi connectivity index (χ3n) is 2.67. The highest BCUT2D eigenvalue weighted by Gasteiger charge is 2.15. The van der Waals surface area contributed by atoms with Crippen molar-refractivity contribution >= 4 is 38.9 Å². The van der Waals surface area contributed by atoms with Crippen molar-refractivity contribution < 1.29 is 0 Å². The minimum absolute atomic E-state index is 0.124. The number of hydrogen-bond donors (Lipinski definition) is 1. The van der Waals surface area contributed by atoms with Gasteiger partial charge in [0.15, 0.2) is 0 Å². The Bertz CT molecular complexity index is 550. The molecule has 17 heavy (non-hydrogen) atoms. The fraction of sp³-hybridized carbons (Fsp3) is 0.231. The van der Waals surface area contributed by atoms with Crippen LogP contribution in [-0.4, -0.2) is 0 Å². The number of halogens is 2. The van der Waals surface area contributed by atoms with Crippen LogP contribution >= 0.6 is 38.9 Å². The van der Waals surface area contributed by atoms with E-state index in [9.17, 15) is 0 Å². The van der Waals surface area contributed by atoms with E-state index in [4.69, 9.17) is 17.3 Å². The van der Waals surface area contributed by atoms with Crippen molar-refractivity contribution in [3.63, 3.8) is 0 Å². The lowest BCUT2D eigenvalue weighted by atomic mass is 10.0. The van der Waals surface area contributed by atoms with Crippen LogP contribution in [0.3, 0.4) is 0 Å². The molecule has 4 heteroatoms. The average Bonchev–Trinajstić information content (AvgIpc) is 2.61. The van der Waals surface area contributed by atoms with Gasteiger partial charge in [-0.05, 0) is 53.0 Å². The van der Waals surface area contributed by atoms with Gasteiger partial charge in [0.25, 0.3) is 0 Å². The number of benzene rings is 1. The molecule has 0 radical (unpaired) electrons. The average molecular weight is 331 g/mol. The Balaban J connectivity index is 2.40. The molecule has 1 atom stereocenters. The third kappa shape index (κ3) is 2.74. The summed E-state index contributed by atoms with van der Waals surface area (Å²) in [4.78, 5) is 2.39. The second kappa shape index (κ2) is 5.11. The van der Waals surface area contributed by atoms with Gasteiger partial charge in [-0.1, -0.05) is 23.7 Å². The maximum Gasteiger partial charge on any atom is 0.0658 e. The zero-order chi connectivity index (χ0) is 12.6. The van der Waals surface area contributed by atoms with Crippen LogP contribution in [0, 0.1) is 13.8 Å². The molecule has 2 rings (SSSR count).